The van der Waals surface area contributed by atoms with Gasteiger partial charge in [-0.3, -0.25) is 9.69 Å². The minimum atomic E-state index is -1.08. The van der Waals surface area contributed by atoms with E-state index >= 15 is 0 Å². The number of amides is 1. The second-order valence-electron chi connectivity index (χ2n) is 5.38. The fourth-order valence-electron chi connectivity index (χ4n) is 2.54. The molecule has 7 heteroatoms. The van der Waals surface area contributed by atoms with E-state index in [1.165, 1.54) is 19.2 Å². The monoisotopic (exact) mass is 322 g/mol. The predicted octanol–water partition coefficient (Wildman–Crippen LogP) is 0.798. The predicted molar refractivity (Wildman–Crippen MR) is 84.2 cm³/mol. The van der Waals surface area contributed by atoms with E-state index < -0.39 is 5.97 Å². The average molecular weight is 322 g/mol. The van der Waals surface area contributed by atoms with Gasteiger partial charge in [0.15, 0.2) is 0 Å². The Kier molecular flexibility index (Phi) is 5.95. The van der Waals surface area contributed by atoms with Gasteiger partial charge in [0.25, 0.3) is 5.91 Å². The molecule has 0 radical (unpaired) electrons. The van der Waals surface area contributed by atoms with Crippen LogP contribution in [0.15, 0.2) is 18.2 Å². The first-order chi connectivity index (χ1) is 11.0. The van der Waals surface area contributed by atoms with Crippen molar-refractivity contribution in [3.8, 4) is 5.75 Å². The quantitative estimate of drug-likeness (QED) is 0.834. The zero-order valence-electron chi connectivity index (χ0n) is 13.4. The summed E-state index contributed by atoms with van der Waals surface area (Å²) in [6.45, 7) is 4.31. The molecule has 126 valence electrons. The Bertz CT molecular complexity index is 568. The average Bonchev–Trinajstić information content (AvgIpc) is 2.59. The lowest BCUT2D eigenvalue weighted by molar-refractivity contribution is 0.0594. The summed E-state index contributed by atoms with van der Waals surface area (Å²) in [5.74, 6) is -0.882. The van der Waals surface area contributed by atoms with Gasteiger partial charge in [0.1, 0.15) is 5.75 Å². The van der Waals surface area contributed by atoms with Gasteiger partial charge in [-0.2, -0.15) is 0 Å². The topological polar surface area (TPSA) is 79.3 Å². The number of aromatic carboxylic acids is 1. The van der Waals surface area contributed by atoms with E-state index in [9.17, 15) is 9.59 Å². The minimum Gasteiger partial charge on any atom is -0.497 e. The highest BCUT2D eigenvalue weighted by atomic mass is 16.5. The first-order valence-electron chi connectivity index (χ1n) is 7.48. The smallest absolute Gasteiger partial charge is 0.335 e. The molecule has 1 aromatic carbocycles. The molecule has 1 N–H and O–H groups in total. The van der Waals surface area contributed by atoms with Gasteiger partial charge < -0.3 is 19.5 Å². The van der Waals surface area contributed by atoms with Crippen LogP contribution in [0.1, 0.15) is 20.7 Å². The first kappa shape index (κ1) is 17.2. The first-order valence-corrected chi connectivity index (χ1v) is 7.48. The number of hydrogen-bond donors (Lipinski definition) is 1. The SMILES string of the molecule is COCCN1CCN(C(=O)c2cc(OC)cc(C(=O)O)c2)CC1. The molecule has 1 aliphatic rings. The third kappa shape index (κ3) is 4.43. The zero-order chi connectivity index (χ0) is 16.8. The minimum absolute atomic E-state index is 0.0476. The number of nitrogens with zero attached hydrogens (tertiary/aromatic N) is 2. The zero-order valence-corrected chi connectivity index (χ0v) is 13.4. The van der Waals surface area contributed by atoms with Crippen LogP contribution >= 0.6 is 0 Å². The molecule has 1 fully saturated rings. The van der Waals surface area contributed by atoms with Crippen molar-refractivity contribution in [3.63, 3.8) is 0 Å². The Morgan fingerprint density at radius 2 is 1.74 bits per heavy atom. The number of carboxylic acid groups (broad SMARTS) is 1. The maximum absolute atomic E-state index is 12.6. The molecule has 1 amide bonds. The van der Waals surface area contributed by atoms with Gasteiger partial charge >= 0.3 is 5.97 Å². The van der Waals surface area contributed by atoms with Gasteiger partial charge in [-0.15, -0.1) is 0 Å². The lowest BCUT2D eigenvalue weighted by Crippen LogP contribution is -2.49. The number of rotatable bonds is 6. The number of carboxylic acids is 1. The third-order valence-corrected chi connectivity index (χ3v) is 3.91. The van der Waals surface area contributed by atoms with Gasteiger partial charge in [0.2, 0.25) is 0 Å². The molecule has 1 aromatic rings. The molecule has 1 aliphatic heterocycles. The van der Waals surface area contributed by atoms with Crippen molar-refractivity contribution in [2.45, 2.75) is 0 Å². The highest BCUT2D eigenvalue weighted by molar-refractivity contribution is 5.98. The number of carbonyl (C=O) groups is 2. The molecular weight excluding hydrogens is 300 g/mol. The standard InChI is InChI=1S/C16H22N2O5/c1-22-8-7-17-3-5-18(6-4-17)15(19)12-9-13(16(20)21)11-14(10-12)23-2/h9-11H,3-8H2,1-2H3,(H,20,21). The van der Waals surface area contributed by atoms with Crippen LogP contribution in [0.2, 0.25) is 0 Å². The summed E-state index contributed by atoms with van der Waals surface area (Å²) in [5, 5.41) is 9.14. The van der Waals surface area contributed by atoms with Crippen molar-refractivity contribution >= 4 is 11.9 Å². The summed E-state index contributed by atoms with van der Waals surface area (Å²) in [5.41, 5.74) is 0.388. The molecule has 1 saturated heterocycles. The molecule has 0 saturated carbocycles. The van der Waals surface area contributed by atoms with Gasteiger partial charge in [-0.25, -0.2) is 4.79 Å². The molecule has 0 unspecified atom stereocenters. The summed E-state index contributed by atoms with van der Waals surface area (Å²) in [7, 11) is 3.12. The third-order valence-electron chi connectivity index (χ3n) is 3.91. The van der Waals surface area contributed by atoms with Crippen LogP contribution in [-0.2, 0) is 4.74 Å². The molecule has 0 aliphatic carbocycles. The molecule has 0 atom stereocenters. The summed E-state index contributed by atoms with van der Waals surface area (Å²) >= 11 is 0. The number of benzene rings is 1. The fourth-order valence-corrected chi connectivity index (χ4v) is 2.54. The van der Waals surface area contributed by atoms with Crippen LogP contribution in [0.5, 0.6) is 5.75 Å². The summed E-state index contributed by atoms with van der Waals surface area (Å²) in [6, 6.07) is 4.37. The molecule has 0 aromatic heterocycles. The van der Waals surface area contributed by atoms with E-state index in [-0.39, 0.29) is 11.5 Å². The van der Waals surface area contributed by atoms with Crippen molar-refractivity contribution < 1.29 is 24.2 Å². The van der Waals surface area contributed by atoms with Crippen LogP contribution < -0.4 is 4.74 Å². The van der Waals surface area contributed by atoms with Crippen molar-refractivity contribution in [1.82, 2.24) is 9.80 Å². The molecular formula is C16H22N2O5. The van der Waals surface area contributed by atoms with Gasteiger partial charge in [-0.05, 0) is 18.2 Å². The lowest BCUT2D eigenvalue weighted by atomic mass is 10.1. The number of carbonyl (C=O) groups excluding carboxylic acids is 1. The van der Waals surface area contributed by atoms with Gasteiger partial charge in [-0.1, -0.05) is 0 Å². The Morgan fingerprint density at radius 3 is 2.30 bits per heavy atom. The number of hydrogen-bond acceptors (Lipinski definition) is 5. The van der Waals surface area contributed by atoms with Crippen LogP contribution in [0.4, 0.5) is 0 Å². The van der Waals surface area contributed by atoms with E-state index in [0.717, 1.165) is 19.6 Å². The maximum Gasteiger partial charge on any atom is 0.335 e. The van der Waals surface area contributed by atoms with Crippen molar-refractivity contribution in [2.24, 2.45) is 0 Å². The summed E-state index contributed by atoms with van der Waals surface area (Å²) < 4.78 is 10.1. The number of piperazine rings is 1. The van der Waals surface area contributed by atoms with Gasteiger partial charge in [0.05, 0.1) is 19.3 Å². The molecule has 7 nitrogen and oxygen atoms in total. The number of ether oxygens (including phenoxy) is 2. The van der Waals surface area contributed by atoms with E-state index in [4.69, 9.17) is 14.6 Å². The van der Waals surface area contributed by atoms with Crippen LogP contribution in [0, 0.1) is 0 Å². The Labute approximate surface area is 135 Å². The van der Waals surface area contributed by atoms with E-state index in [0.29, 0.717) is 31.0 Å². The van der Waals surface area contributed by atoms with Crippen molar-refractivity contribution in [3.05, 3.63) is 29.3 Å². The fraction of sp³-hybridized carbons (Fsp3) is 0.500. The molecule has 2 rings (SSSR count). The molecule has 1 heterocycles. The van der Waals surface area contributed by atoms with Crippen LogP contribution in [0.25, 0.3) is 0 Å². The highest BCUT2D eigenvalue weighted by Crippen LogP contribution is 2.19. The lowest BCUT2D eigenvalue weighted by Gasteiger charge is -2.34. The molecule has 23 heavy (non-hydrogen) atoms. The Morgan fingerprint density at radius 1 is 1.09 bits per heavy atom. The highest BCUT2D eigenvalue weighted by Gasteiger charge is 2.23. The second kappa shape index (κ2) is 7.94. The van der Waals surface area contributed by atoms with Gasteiger partial charge in [0, 0.05) is 45.4 Å². The Balaban J connectivity index is 2.06. The van der Waals surface area contributed by atoms with Crippen molar-refractivity contribution in [1.29, 1.82) is 0 Å². The van der Waals surface area contributed by atoms with E-state index in [1.807, 2.05) is 0 Å². The summed E-state index contributed by atoms with van der Waals surface area (Å²) in [6.07, 6.45) is 0. The normalized spacial score (nSPS) is 15.5. The summed E-state index contributed by atoms with van der Waals surface area (Å²) in [4.78, 5) is 27.7. The van der Waals surface area contributed by atoms with Crippen molar-refractivity contribution in [2.75, 3.05) is 53.6 Å². The van der Waals surface area contributed by atoms with Crippen LogP contribution in [0.3, 0.4) is 0 Å². The largest absolute Gasteiger partial charge is 0.497 e. The van der Waals surface area contributed by atoms with Crippen LogP contribution in [-0.4, -0.2) is 80.3 Å². The molecule has 0 spiro atoms. The second-order valence-corrected chi connectivity index (χ2v) is 5.38. The molecule has 0 bridgehead atoms. The van der Waals surface area contributed by atoms with E-state index in [1.54, 1.807) is 18.1 Å². The maximum atomic E-state index is 12.6. The number of methoxy groups -OCH3 is 2. The van der Waals surface area contributed by atoms with E-state index in [2.05, 4.69) is 4.90 Å². The Hall–Kier alpha value is -2.12.